The third-order valence-electron chi connectivity index (χ3n) is 5.85. The second-order valence-corrected chi connectivity index (χ2v) is 8.24. The number of para-hydroxylation sites is 3. The summed E-state index contributed by atoms with van der Waals surface area (Å²) in [5.74, 6) is 2.60. The predicted octanol–water partition coefficient (Wildman–Crippen LogP) is 5.40. The number of fused-ring (bicyclic) bond motifs is 1. The van der Waals surface area contributed by atoms with Crippen LogP contribution in [0.2, 0.25) is 0 Å². The van der Waals surface area contributed by atoms with Crippen molar-refractivity contribution in [3.8, 4) is 17.2 Å². The number of carbonyl (C=O) groups excluding carboxylic acids is 1. The van der Waals surface area contributed by atoms with Crippen LogP contribution in [0.1, 0.15) is 42.0 Å². The Labute approximate surface area is 205 Å². The SMILES string of the molecule is COc1ccc(C(=O)NC(C)c2nc3ccccc3n2CCCCOc2ccccc2)cc1OC. The second kappa shape index (κ2) is 11.4. The van der Waals surface area contributed by atoms with E-state index in [4.69, 9.17) is 19.2 Å². The predicted molar refractivity (Wildman–Crippen MR) is 136 cm³/mol. The zero-order valence-electron chi connectivity index (χ0n) is 20.4. The molecule has 0 fully saturated rings. The monoisotopic (exact) mass is 473 g/mol. The number of nitrogens with zero attached hydrogens (tertiary/aromatic N) is 2. The van der Waals surface area contributed by atoms with Gasteiger partial charge in [-0.15, -0.1) is 0 Å². The summed E-state index contributed by atoms with van der Waals surface area (Å²) in [6, 6.07) is 22.7. The summed E-state index contributed by atoms with van der Waals surface area (Å²) in [5.41, 5.74) is 2.46. The molecule has 35 heavy (non-hydrogen) atoms. The van der Waals surface area contributed by atoms with Crippen molar-refractivity contribution in [2.24, 2.45) is 0 Å². The highest BCUT2D eigenvalue weighted by atomic mass is 16.5. The van der Waals surface area contributed by atoms with E-state index in [-0.39, 0.29) is 11.9 Å². The zero-order chi connectivity index (χ0) is 24.6. The van der Waals surface area contributed by atoms with Crippen LogP contribution in [0.15, 0.2) is 72.8 Å². The van der Waals surface area contributed by atoms with Gasteiger partial charge in [0.15, 0.2) is 11.5 Å². The van der Waals surface area contributed by atoms with Gasteiger partial charge in [-0.2, -0.15) is 0 Å². The van der Waals surface area contributed by atoms with Crippen molar-refractivity contribution in [2.45, 2.75) is 32.4 Å². The van der Waals surface area contributed by atoms with Gasteiger partial charge in [-0.25, -0.2) is 4.98 Å². The number of imidazole rings is 1. The van der Waals surface area contributed by atoms with E-state index in [0.717, 1.165) is 42.0 Å². The number of methoxy groups -OCH3 is 2. The molecular formula is C28H31N3O4. The molecule has 1 N–H and O–H groups in total. The van der Waals surface area contributed by atoms with Gasteiger partial charge < -0.3 is 24.1 Å². The number of carbonyl (C=O) groups is 1. The number of aromatic nitrogens is 2. The van der Waals surface area contributed by atoms with Crippen molar-refractivity contribution in [3.63, 3.8) is 0 Å². The smallest absolute Gasteiger partial charge is 0.251 e. The van der Waals surface area contributed by atoms with Crippen LogP contribution in [0.4, 0.5) is 0 Å². The van der Waals surface area contributed by atoms with Crippen LogP contribution in [-0.4, -0.2) is 36.3 Å². The lowest BCUT2D eigenvalue weighted by Gasteiger charge is -2.17. The molecule has 1 aromatic heterocycles. The lowest BCUT2D eigenvalue weighted by Crippen LogP contribution is -2.28. The molecule has 4 aromatic rings. The maximum Gasteiger partial charge on any atom is 0.251 e. The van der Waals surface area contributed by atoms with Crippen LogP contribution in [-0.2, 0) is 6.54 Å². The lowest BCUT2D eigenvalue weighted by atomic mass is 10.1. The quantitative estimate of drug-likeness (QED) is 0.295. The molecule has 0 saturated heterocycles. The summed E-state index contributed by atoms with van der Waals surface area (Å²) >= 11 is 0. The van der Waals surface area contributed by atoms with Crippen molar-refractivity contribution in [3.05, 3.63) is 84.2 Å². The first-order valence-electron chi connectivity index (χ1n) is 11.8. The highest BCUT2D eigenvalue weighted by Gasteiger charge is 2.20. The van der Waals surface area contributed by atoms with Gasteiger partial charge >= 0.3 is 0 Å². The maximum absolute atomic E-state index is 13.0. The Morgan fingerprint density at radius 2 is 1.69 bits per heavy atom. The largest absolute Gasteiger partial charge is 0.494 e. The van der Waals surface area contributed by atoms with E-state index < -0.39 is 0 Å². The topological polar surface area (TPSA) is 74.6 Å². The van der Waals surface area contributed by atoms with Crippen LogP contribution in [0.3, 0.4) is 0 Å². The van der Waals surface area contributed by atoms with Crippen LogP contribution in [0.5, 0.6) is 17.2 Å². The van der Waals surface area contributed by atoms with E-state index >= 15 is 0 Å². The van der Waals surface area contributed by atoms with Crippen LogP contribution in [0, 0.1) is 0 Å². The average molecular weight is 474 g/mol. The van der Waals surface area contributed by atoms with Gasteiger partial charge in [-0.1, -0.05) is 30.3 Å². The molecule has 7 heteroatoms. The summed E-state index contributed by atoms with van der Waals surface area (Å²) in [7, 11) is 3.12. The lowest BCUT2D eigenvalue weighted by molar-refractivity contribution is 0.0937. The molecule has 7 nitrogen and oxygen atoms in total. The molecule has 4 rings (SSSR count). The van der Waals surface area contributed by atoms with Crippen molar-refractivity contribution >= 4 is 16.9 Å². The summed E-state index contributed by atoms with van der Waals surface area (Å²) < 4.78 is 18.6. The normalized spacial score (nSPS) is 11.7. The molecule has 0 aliphatic heterocycles. The van der Waals surface area contributed by atoms with Gasteiger partial charge in [0, 0.05) is 12.1 Å². The second-order valence-electron chi connectivity index (χ2n) is 8.24. The van der Waals surface area contributed by atoms with Gasteiger partial charge in [0.1, 0.15) is 11.6 Å². The van der Waals surface area contributed by atoms with Crippen LogP contribution in [0.25, 0.3) is 11.0 Å². The Morgan fingerprint density at radius 3 is 2.46 bits per heavy atom. The Morgan fingerprint density at radius 1 is 0.943 bits per heavy atom. The fraction of sp³-hybridized carbons (Fsp3) is 0.286. The maximum atomic E-state index is 13.0. The molecule has 182 valence electrons. The minimum Gasteiger partial charge on any atom is -0.494 e. The average Bonchev–Trinajstić information content (AvgIpc) is 3.27. The Balaban J connectivity index is 1.45. The first-order chi connectivity index (χ1) is 17.1. The van der Waals surface area contributed by atoms with Crippen molar-refractivity contribution in [1.82, 2.24) is 14.9 Å². The minimum atomic E-state index is -0.288. The van der Waals surface area contributed by atoms with E-state index in [0.29, 0.717) is 23.7 Å². The molecule has 0 saturated carbocycles. The van der Waals surface area contributed by atoms with E-state index in [1.807, 2.05) is 55.5 Å². The third kappa shape index (κ3) is 5.74. The van der Waals surface area contributed by atoms with Gasteiger partial charge in [-0.3, -0.25) is 4.79 Å². The summed E-state index contributed by atoms with van der Waals surface area (Å²) in [5, 5.41) is 3.08. The zero-order valence-corrected chi connectivity index (χ0v) is 20.4. The number of hydrogen-bond acceptors (Lipinski definition) is 5. The van der Waals surface area contributed by atoms with Gasteiger partial charge in [0.2, 0.25) is 0 Å². The number of unbranched alkanes of at least 4 members (excludes halogenated alkanes) is 1. The molecule has 0 aliphatic rings. The molecule has 0 spiro atoms. The molecule has 0 aliphatic carbocycles. The standard InChI is InChI=1S/C28H31N3O4/c1-20(29-28(32)21-15-16-25(33-2)26(19-21)34-3)27-30-23-13-7-8-14-24(23)31(27)17-9-10-18-35-22-11-5-4-6-12-22/h4-8,11-16,19-20H,9-10,17-18H2,1-3H3,(H,29,32). The highest BCUT2D eigenvalue weighted by molar-refractivity contribution is 5.95. The summed E-state index contributed by atoms with van der Waals surface area (Å²) in [6.45, 7) is 3.39. The number of nitrogens with one attached hydrogen (secondary N) is 1. The number of amides is 1. The van der Waals surface area contributed by atoms with E-state index in [1.54, 1.807) is 32.4 Å². The molecule has 1 amide bonds. The van der Waals surface area contributed by atoms with Crippen molar-refractivity contribution in [2.75, 3.05) is 20.8 Å². The fourth-order valence-electron chi connectivity index (χ4n) is 4.06. The number of ether oxygens (including phenoxy) is 3. The van der Waals surface area contributed by atoms with Gasteiger partial charge in [-0.05, 0) is 62.2 Å². The molecule has 1 heterocycles. The Bertz CT molecular complexity index is 1270. The first-order valence-corrected chi connectivity index (χ1v) is 11.8. The Hall–Kier alpha value is -4.00. The molecule has 0 bridgehead atoms. The molecule has 1 unspecified atom stereocenters. The van der Waals surface area contributed by atoms with Crippen LogP contribution < -0.4 is 19.5 Å². The molecule has 0 radical (unpaired) electrons. The number of benzene rings is 3. The van der Waals surface area contributed by atoms with Crippen molar-refractivity contribution < 1.29 is 19.0 Å². The number of aryl methyl sites for hydroxylation is 1. The number of hydrogen-bond donors (Lipinski definition) is 1. The minimum absolute atomic E-state index is 0.201. The molecule has 3 aromatic carbocycles. The summed E-state index contributed by atoms with van der Waals surface area (Å²) in [4.78, 5) is 17.8. The Kier molecular flexibility index (Phi) is 7.88. The van der Waals surface area contributed by atoms with E-state index in [2.05, 4.69) is 16.0 Å². The van der Waals surface area contributed by atoms with Crippen LogP contribution >= 0.6 is 0 Å². The first kappa shape index (κ1) is 24.1. The van der Waals surface area contributed by atoms with Gasteiger partial charge in [0.25, 0.3) is 5.91 Å². The van der Waals surface area contributed by atoms with E-state index in [9.17, 15) is 4.79 Å². The molecular weight excluding hydrogens is 442 g/mol. The number of rotatable bonds is 11. The summed E-state index contributed by atoms with van der Waals surface area (Å²) in [6.07, 6.45) is 1.84. The third-order valence-corrected chi connectivity index (χ3v) is 5.85. The fourth-order valence-corrected chi connectivity index (χ4v) is 4.06. The van der Waals surface area contributed by atoms with E-state index in [1.165, 1.54) is 0 Å². The van der Waals surface area contributed by atoms with Crippen molar-refractivity contribution in [1.29, 1.82) is 0 Å². The molecule has 1 atom stereocenters. The van der Waals surface area contributed by atoms with Gasteiger partial charge in [0.05, 0.1) is 37.9 Å². The highest BCUT2D eigenvalue weighted by Crippen LogP contribution is 2.28.